The lowest BCUT2D eigenvalue weighted by molar-refractivity contribution is 0.100. The summed E-state index contributed by atoms with van der Waals surface area (Å²) < 4.78 is 16.5. The van der Waals surface area contributed by atoms with Gasteiger partial charge in [-0.3, -0.25) is 0 Å². The molecule has 4 heteroatoms. The fourth-order valence-electron chi connectivity index (χ4n) is 1.73. The van der Waals surface area contributed by atoms with Crippen molar-refractivity contribution in [1.29, 1.82) is 0 Å². The molecule has 1 N–H and O–H groups in total. The molecule has 0 unspecified atom stereocenters. The topological polar surface area (TPSA) is 39.7 Å². The SMILES string of the molecule is CCCOCCOc1ccc(OC)cc1CNC(C)C. The van der Waals surface area contributed by atoms with Gasteiger partial charge in [0.25, 0.3) is 0 Å². The smallest absolute Gasteiger partial charge is 0.124 e. The number of hydrogen-bond acceptors (Lipinski definition) is 4. The van der Waals surface area contributed by atoms with Crippen LogP contribution in [0.15, 0.2) is 18.2 Å². The van der Waals surface area contributed by atoms with Crippen molar-refractivity contribution in [3.8, 4) is 11.5 Å². The summed E-state index contributed by atoms with van der Waals surface area (Å²) >= 11 is 0. The highest BCUT2D eigenvalue weighted by atomic mass is 16.5. The zero-order valence-electron chi connectivity index (χ0n) is 13.1. The number of benzene rings is 1. The maximum atomic E-state index is 5.79. The van der Waals surface area contributed by atoms with E-state index in [4.69, 9.17) is 14.2 Å². The highest BCUT2D eigenvalue weighted by molar-refractivity contribution is 5.40. The van der Waals surface area contributed by atoms with Crippen LogP contribution in [-0.2, 0) is 11.3 Å². The standard InChI is InChI=1S/C16H27NO3/c1-5-8-19-9-10-20-16-7-6-15(18-4)11-14(16)12-17-13(2)3/h6-7,11,13,17H,5,8-10,12H2,1-4H3. The average Bonchev–Trinajstić information content (AvgIpc) is 2.45. The molecule has 0 atom stereocenters. The summed E-state index contributed by atoms with van der Waals surface area (Å²) in [5, 5.41) is 3.40. The summed E-state index contributed by atoms with van der Waals surface area (Å²) in [6.07, 6.45) is 1.03. The van der Waals surface area contributed by atoms with E-state index in [9.17, 15) is 0 Å². The lowest BCUT2D eigenvalue weighted by Gasteiger charge is -2.15. The summed E-state index contributed by atoms with van der Waals surface area (Å²) in [7, 11) is 1.67. The van der Waals surface area contributed by atoms with Gasteiger partial charge in [0.1, 0.15) is 18.1 Å². The van der Waals surface area contributed by atoms with Crippen molar-refractivity contribution < 1.29 is 14.2 Å². The number of rotatable bonds is 10. The van der Waals surface area contributed by atoms with Crippen LogP contribution in [0.2, 0.25) is 0 Å². The molecule has 0 fully saturated rings. The van der Waals surface area contributed by atoms with Crippen molar-refractivity contribution >= 4 is 0 Å². The molecule has 0 spiro atoms. The number of ether oxygens (including phenoxy) is 3. The van der Waals surface area contributed by atoms with Crippen molar-refractivity contribution in [2.75, 3.05) is 26.9 Å². The van der Waals surface area contributed by atoms with Crippen LogP contribution in [0, 0.1) is 0 Å². The van der Waals surface area contributed by atoms with E-state index in [0.717, 1.165) is 36.6 Å². The maximum Gasteiger partial charge on any atom is 0.124 e. The molecule has 1 aromatic carbocycles. The van der Waals surface area contributed by atoms with Crippen LogP contribution in [0.3, 0.4) is 0 Å². The zero-order valence-corrected chi connectivity index (χ0v) is 13.1. The third-order valence-corrected chi connectivity index (χ3v) is 2.80. The van der Waals surface area contributed by atoms with Crippen LogP contribution in [0.25, 0.3) is 0 Å². The minimum absolute atomic E-state index is 0.432. The van der Waals surface area contributed by atoms with Gasteiger partial charge in [-0.25, -0.2) is 0 Å². The molecule has 4 nitrogen and oxygen atoms in total. The highest BCUT2D eigenvalue weighted by Gasteiger charge is 2.06. The van der Waals surface area contributed by atoms with Crippen molar-refractivity contribution in [3.63, 3.8) is 0 Å². The Labute approximate surface area is 122 Å². The maximum absolute atomic E-state index is 5.79. The average molecular weight is 281 g/mol. The second-order valence-electron chi connectivity index (χ2n) is 4.97. The molecule has 0 aromatic heterocycles. The molecule has 0 saturated heterocycles. The first-order valence-electron chi connectivity index (χ1n) is 7.28. The molecular formula is C16H27NO3. The third kappa shape index (κ3) is 6.26. The molecule has 0 aliphatic heterocycles. The van der Waals surface area contributed by atoms with Gasteiger partial charge in [-0.15, -0.1) is 0 Å². The Kier molecular flexibility index (Phi) is 8.07. The predicted molar refractivity (Wildman–Crippen MR) is 81.6 cm³/mol. The van der Waals surface area contributed by atoms with Gasteiger partial charge >= 0.3 is 0 Å². The molecule has 114 valence electrons. The first-order valence-corrected chi connectivity index (χ1v) is 7.28. The van der Waals surface area contributed by atoms with E-state index in [2.05, 4.69) is 26.1 Å². The van der Waals surface area contributed by atoms with E-state index in [0.29, 0.717) is 19.3 Å². The minimum Gasteiger partial charge on any atom is -0.497 e. The van der Waals surface area contributed by atoms with E-state index in [1.807, 2.05) is 18.2 Å². The van der Waals surface area contributed by atoms with E-state index >= 15 is 0 Å². The molecular weight excluding hydrogens is 254 g/mol. The van der Waals surface area contributed by atoms with Crippen molar-refractivity contribution in [3.05, 3.63) is 23.8 Å². The second-order valence-corrected chi connectivity index (χ2v) is 4.97. The normalized spacial score (nSPS) is 10.8. The van der Waals surface area contributed by atoms with Gasteiger partial charge in [0.2, 0.25) is 0 Å². The molecule has 20 heavy (non-hydrogen) atoms. The lowest BCUT2D eigenvalue weighted by atomic mass is 10.1. The molecule has 0 radical (unpaired) electrons. The summed E-state index contributed by atoms with van der Waals surface area (Å²) in [5.74, 6) is 1.74. The molecule has 0 aliphatic rings. The first kappa shape index (κ1) is 16.8. The zero-order chi connectivity index (χ0) is 14.8. The molecule has 0 amide bonds. The van der Waals surface area contributed by atoms with Crippen LogP contribution < -0.4 is 14.8 Å². The van der Waals surface area contributed by atoms with Crippen LogP contribution >= 0.6 is 0 Å². The molecule has 1 rings (SSSR count). The molecule has 0 saturated carbocycles. The number of nitrogens with one attached hydrogen (secondary N) is 1. The van der Waals surface area contributed by atoms with Crippen molar-refractivity contribution in [2.45, 2.75) is 39.8 Å². The van der Waals surface area contributed by atoms with Crippen LogP contribution in [0.4, 0.5) is 0 Å². The molecule has 0 bridgehead atoms. The van der Waals surface area contributed by atoms with E-state index in [1.165, 1.54) is 0 Å². The Morgan fingerprint density at radius 1 is 1.15 bits per heavy atom. The van der Waals surface area contributed by atoms with E-state index < -0.39 is 0 Å². The quantitative estimate of drug-likeness (QED) is 0.669. The Bertz CT molecular complexity index is 380. The number of hydrogen-bond donors (Lipinski definition) is 1. The largest absolute Gasteiger partial charge is 0.497 e. The molecule has 1 aromatic rings. The van der Waals surface area contributed by atoms with Gasteiger partial charge in [-0.2, -0.15) is 0 Å². The van der Waals surface area contributed by atoms with Gasteiger partial charge in [-0.1, -0.05) is 20.8 Å². The summed E-state index contributed by atoms with van der Waals surface area (Å²) in [6.45, 7) is 9.09. The number of methoxy groups -OCH3 is 1. The van der Waals surface area contributed by atoms with E-state index in [-0.39, 0.29) is 0 Å². The monoisotopic (exact) mass is 281 g/mol. The summed E-state index contributed by atoms with van der Waals surface area (Å²) in [5.41, 5.74) is 1.11. The lowest BCUT2D eigenvalue weighted by Crippen LogP contribution is -2.22. The molecule has 0 heterocycles. The highest BCUT2D eigenvalue weighted by Crippen LogP contribution is 2.24. The summed E-state index contributed by atoms with van der Waals surface area (Å²) in [6, 6.07) is 6.32. The fourth-order valence-corrected chi connectivity index (χ4v) is 1.73. The van der Waals surface area contributed by atoms with Crippen molar-refractivity contribution in [2.24, 2.45) is 0 Å². The predicted octanol–water partition coefficient (Wildman–Crippen LogP) is 3.00. The van der Waals surface area contributed by atoms with Crippen LogP contribution in [0.5, 0.6) is 11.5 Å². The van der Waals surface area contributed by atoms with Gasteiger partial charge in [0.05, 0.1) is 13.7 Å². The Balaban J connectivity index is 2.57. The Hall–Kier alpha value is -1.26. The Morgan fingerprint density at radius 3 is 2.60 bits per heavy atom. The summed E-state index contributed by atoms with van der Waals surface area (Å²) in [4.78, 5) is 0. The molecule has 0 aliphatic carbocycles. The first-order chi connectivity index (χ1) is 9.67. The van der Waals surface area contributed by atoms with Gasteiger partial charge < -0.3 is 19.5 Å². The van der Waals surface area contributed by atoms with Gasteiger partial charge in [0, 0.05) is 24.8 Å². The fraction of sp³-hybridized carbons (Fsp3) is 0.625. The minimum atomic E-state index is 0.432. The third-order valence-electron chi connectivity index (χ3n) is 2.80. The van der Waals surface area contributed by atoms with Gasteiger partial charge in [-0.05, 0) is 24.6 Å². The van der Waals surface area contributed by atoms with Crippen LogP contribution in [-0.4, -0.2) is 33.0 Å². The van der Waals surface area contributed by atoms with Crippen molar-refractivity contribution in [1.82, 2.24) is 5.32 Å². The van der Waals surface area contributed by atoms with E-state index in [1.54, 1.807) is 7.11 Å². The van der Waals surface area contributed by atoms with Gasteiger partial charge in [0.15, 0.2) is 0 Å². The Morgan fingerprint density at radius 2 is 1.95 bits per heavy atom. The second kappa shape index (κ2) is 9.61. The van der Waals surface area contributed by atoms with Crippen LogP contribution in [0.1, 0.15) is 32.8 Å².